The molecule has 1 fully saturated rings. The van der Waals surface area contributed by atoms with Crippen LogP contribution in [-0.2, 0) is 0 Å². The maximum Gasteiger partial charge on any atom is 0.164 e. The number of ether oxygens (including phenoxy) is 2. The molecule has 0 bridgehead atoms. The molecule has 1 atom stereocenters. The van der Waals surface area contributed by atoms with Crippen molar-refractivity contribution in [1.82, 2.24) is 5.32 Å². The van der Waals surface area contributed by atoms with E-state index >= 15 is 0 Å². The average molecular weight is 270 g/mol. The summed E-state index contributed by atoms with van der Waals surface area (Å²) in [5.74, 6) is 1.99. The minimum atomic E-state index is 0.446. The van der Waals surface area contributed by atoms with E-state index in [1.165, 1.54) is 12.0 Å². The zero-order valence-electron chi connectivity index (χ0n) is 11.2. The number of piperidine rings is 1. The first-order valence-electron chi connectivity index (χ1n) is 6.30. The fraction of sp³-hybridized carbons (Fsp3) is 0.571. The quantitative estimate of drug-likeness (QED) is 0.915. The highest BCUT2D eigenvalue weighted by atomic mass is 35.5. The fourth-order valence-corrected chi connectivity index (χ4v) is 2.87. The van der Waals surface area contributed by atoms with Gasteiger partial charge in [-0.15, -0.1) is 0 Å². The molecular formula is C14H20ClNO2. The summed E-state index contributed by atoms with van der Waals surface area (Å²) in [6, 6.07) is 1.83. The van der Waals surface area contributed by atoms with Crippen LogP contribution in [0.4, 0.5) is 0 Å². The molecule has 1 aromatic rings. The fourth-order valence-electron chi connectivity index (χ4n) is 2.67. The average Bonchev–Trinajstić information content (AvgIpc) is 2.42. The Labute approximate surface area is 113 Å². The van der Waals surface area contributed by atoms with Crippen molar-refractivity contribution in [2.24, 2.45) is 0 Å². The number of hydrogen-bond acceptors (Lipinski definition) is 3. The molecular weight excluding hydrogens is 250 g/mol. The minimum Gasteiger partial charge on any atom is -0.493 e. The molecule has 1 aromatic carbocycles. The van der Waals surface area contributed by atoms with Crippen LogP contribution in [0.1, 0.15) is 29.9 Å². The molecule has 0 radical (unpaired) electrons. The number of methoxy groups -OCH3 is 2. The monoisotopic (exact) mass is 269 g/mol. The van der Waals surface area contributed by atoms with Crippen molar-refractivity contribution < 1.29 is 9.47 Å². The van der Waals surface area contributed by atoms with Crippen molar-refractivity contribution in [2.45, 2.75) is 25.7 Å². The largest absolute Gasteiger partial charge is 0.493 e. The molecule has 0 aromatic heterocycles. The predicted octanol–water partition coefficient (Wildman–Crippen LogP) is 3.13. The Morgan fingerprint density at radius 2 is 2.11 bits per heavy atom. The van der Waals surface area contributed by atoms with Crippen molar-refractivity contribution in [1.29, 1.82) is 0 Å². The van der Waals surface area contributed by atoms with Gasteiger partial charge in [0.1, 0.15) is 0 Å². The second-order valence-electron chi connectivity index (χ2n) is 4.68. The second kappa shape index (κ2) is 5.81. The molecule has 18 heavy (non-hydrogen) atoms. The Kier molecular flexibility index (Phi) is 4.36. The van der Waals surface area contributed by atoms with Crippen molar-refractivity contribution in [2.75, 3.05) is 27.3 Å². The van der Waals surface area contributed by atoms with Gasteiger partial charge in [-0.2, -0.15) is 0 Å². The van der Waals surface area contributed by atoms with E-state index in [0.29, 0.717) is 11.7 Å². The summed E-state index contributed by atoms with van der Waals surface area (Å²) in [7, 11) is 3.33. The molecule has 4 heteroatoms. The molecule has 1 unspecified atom stereocenters. The number of hydrogen-bond donors (Lipinski definition) is 1. The molecule has 2 rings (SSSR count). The first-order valence-corrected chi connectivity index (χ1v) is 6.68. The summed E-state index contributed by atoms with van der Waals surface area (Å²) in [6.07, 6.45) is 2.34. The van der Waals surface area contributed by atoms with E-state index in [4.69, 9.17) is 21.1 Å². The molecule has 100 valence electrons. The van der Waals surface area contributed by atoms with E-state index in [1.807, 2.05) is 13.0 Å². The van der Waals surface area contributed by atoms with Gasteiger partial charge < -0.3 is 14.8 Å². The number of nitrogens with one attached hydrogen (secondary N) is 1. The zero-order chi connectivity index (χ0) is 13.1. The maximum atomic E-state index is 6.29. The van der Waals surface area contributed by atoms with Crippen LogP contribution in [0.15, 0.2) is 6.07 Å². The summed E-state index contributed by atoms with van der Waals surface area (Å²) < 4.78 is 10.9. The second-order valence-corrected chi connectivity index (χ2v) is 5.08. The number of halogens is 1. The van der Waals surface area contributed by atoms with Gasteiger partial charge >= 0.3 is 0 Å². The summed E-state index contributed by atoms with van der Waals surface area (Å²) in [5.41, 5.74) is 2.29. The van der Waals surface area contributed by atoms with Crippen LogP contribution in [0.2, 0.25) is 5.02 Å². The Morgan fingerprint density at radius 3 is 2.67 bits per heavy atom. The van der Waals surface area contributed by atoms with E-state index in [2.05, 4.69) is 5.32 Å². The van der Waals surface area contributed by atoms with Crippen LogP contribution in [0.25, 0.3) is 0 Å². The van der Waals surface area contributed by atoms with Crippen molar-refractivity contribution in [3.05, 3.63) is 22.2 Å². The third kappa shape index (κ3) is 2.43. The molecule has 1 heterocycles. The van der Waals surface area contributed by atoms with E-state index in [0.717, 1.165) is 35.8 Å². The molecule has 1 aliphatic rings. The van der Waals surface area contributed by atoms with Gasteiger partial charge in [-0.05, 0) is 31.9 Å². The standard InChI is InChI=1S/C14H20ClNO2/c1-9-11(15)7-12(17-2)14(18-3)13(9)10-5-4-6-16-8-10/h7,10,16H,4-6,8H2,1-3H3. The van der Waals surface area contributed by atoms with Crippen LogP contribution < -0.4 is 14.8 Å². The highest BCUT2D eigenvalue weighted by Gasteiger charge is 2.25. The molecule has 1 saturated heterocycles. The highest BCUT2D eigenvalue weighted by molar-refractivity contribution is 6.31. The van der Waals surface area contributed by atoms with Gasteiger partial charge in [0.25, 0.3) is 0 Å². The summed E-state index contributed by atoms with van der Waals surface area (Å²) >= 11 is 6.29. The molecule has 1 aliphatic heterocycles. The van der Waals surface area contributed by atoms with Crippen LogP contribution in [-0.4, -0.2) is 27.3 Å². The summed E-state index contributed by atoms with van der Waals surface area (Å²) in [4.78, 5) is 0. The first-order chi connectivity index (χ1) is 8.69. The Morgan fingerprint density at radius 1 is 1.33 bits per heavy atom. The molecule has 3 nitrogen and oxygen atoms in total. The van der Waals surface area contributed by atoms with E-state index in [-0.39, 0.29) is 0 Å². The first kappa shape index (κ1) is 13.5. The third-order valence-corrected chi connectivity index (χ3v) is 4.01. The molecule has 0 saturated carbocycles. The van der Waals surface area contributed by atoms with Gasteiger partial charge in [0.15, 0.2) is 11.5 Å². The predicted molar refractivity (Wildman–Crippen MR) is 74.1 cm³/mol. The van der Waals surface area contributed by atoms with Gasteiger partial charge in [-0.3, -0.25) is 0 Å². The van der Waals surface area contributed by atoms with E-state index in [1.54, 1.807) is 14.2 Å². The Bertz CT molecular complexity index is 428. The van der Waals surface area contributed by atoms with Gasteiger partial charge in [-0.25, -0.2) is 0 Å². The highest BCUT2D eigenvalue weighted by Crippen LogP contribution is 2.43. The minimum absolute atomic E-state index is 0.446. The smallest absolute Gasteiger partial charge is 0.164 e. The van der Waals surface area contributed by atoms with Gasteiger partial charge in [0, 0.05) is 29.1 Å². The van der Waals surface area contributed by atoms with Gasteiger partial charge in [-0.1, -0.05) is 11.6 Å². The molecule has 0 amide bonds. The SMILES string of the molecule is COc1cc(Cl)c(C)c(C2CCCNC2)c1OC. The van der Waals surface area contributed by atoms with Crippen LogP contribution in [0, 0.1) is 6.92 Å². The lowest BCUT2D eigenvalue weighted by Gasteiger charge is -2.27. The van der Waals surface area contributed by atoms with Gasteiger partial charge in [0.2, 0.25) is 0 Å². The molecule has 1 N–H and O–H groups in total. The lowest BCUT2D eigenvalue weighted by molar-refractivity contribution is 0.344. The Balaban J connectivity index is 2.51. The summed E-state index contributed by atoms with van der Waals surface area (Å²) in [6.45, 7) is 4.12. The summed E-state index contributed by atoms with van der Waals surface area (Å²) in [5, 5.41) is 4.17. The van der Waals surface area contributed by atoms with Crippen LogP contribution in [0.5, 0.6) is 11.5 Å². The van der Waals surface area contributed by atoms with E-state index < -0.39 is 0 Å². The normalized spacial score (nSPS) is 19.7. The number of rotatable bonds is 3. The lowest BCUT2D eigenvalue weighted by Crippen LogP contribution is -2.29. The maximum absolute atomic E-state index is 6.29. The topological polar surface area (TPSA) is 30.5 Å². The Hall–Kier alpha value is -0.930. The van der Waals surface area contributed by atoms with Crippen LogP contribution >= 0.6 is 11.6 Å². The van der Waals surface area contributed by atoms with Crippen molar-refractivity contribution >= 4 is 11.6 Å². The van der Waals surface area contributed by atoms with Crippen molar-refractivity contribution in [3.63, 3.8) is 0 Å². The zero-order valence-corrected chi connectivity index (χ0v) is 11.9. The molecule has 0 aliphatic carbocycles. The number of benzene rings is 1. The van der Waals surface area contributed by atoms with E-state index in [9.17, 15) is 0 Å². The third-order valence-electron chi connectivity index (χ3n) is 3.62. The van der Waals surface area contributed by atoms with Crippen molar-refractivity contribution in [3.8, 4) is 11.5 Å². The molecule has 0 spiro atoms. The van der Waals surface area contributed by atoms with Gasteiger partial charge in [0.05, 0.1) is 14.2 Å². The lowest BCUT2D eigenvalue weighted by atomic mass is 9.87. The van der Waals surface area contributed by atoms with Crippen LogP contribution in [0.3, 0.4) is 0 Å².